The van der Waals surface area contributed by atoms with Gasteiger partial charge in [0.05, 0.1) is 12.2 Å². The van der Waals surface area contributed by atoms with Crippen molar-refractivity contribution in [2.24, 2.45) is 11.8 Å². The van der Waals surface area contributed by atoms with E-state index in [0.29, 0.717) is 19.4 Å². The highest BCUT2D eigenvalue weighted by Gasteiger charge is 2.44. The van der Waals surface area contributed by atoms with Gasteiger partial charge in [0, 0.05) is 37.0 Å². The Morgan fingerprint density at radius 1 is 1.10 bits per heavy atom. The zero-order chi connectivity index (χ0) is 20.2. The number of ether oxygens (including phenoxy) is 1. The molecule has 2 unspecified atom stereocenters. The number of benzene rings is 2. The number of nitrogens with zero attached hydrogens (tertiary/aromatic N) is 1. The van der Waals surface area contributed by atoms with E-state index in [1.165, 1.54) is 19.5 Å². The molecule has 0 spiro atoms. The van der Waals surface area contributed by atoms with Crippen molar-refractivity contribution in [3.63, 3.8) is 0 Å². The number of hydrogen-bond donors (Lipinski definition) is 1. The maximum atomic E-state index is 12.3. The summed E-state index contributed by atoms with van der Waals surface area (Å²) in [6.45, 7) is 4.13. The van der Waals surface area contributed by atoms with Crippen LogP contribution in [-0.4, -0.2) is 43.0 Å². The third-order valence-electron chi connectivity index (χ3n) is 6.88. The Morgan fingerprint density at radius 2 is 1.97 bits per heavy atom. The largest absolute Gasteiger partial charge is 0.492 e. The summed E-state index contributed by atoms with van der Waals surface area (Å²) in [6, 6.07) is 10.2. The van der Waals surface area contributed by atoms with E-state index in [9.17, 15) is 9.59 Å². The first kappa shape index (κ1) is 18.0. The molecule has 3 aliphatic rings. The monoisotopic (exact) mass is 404 g/mol. The van der Waals surface area contributed by atoms with Gasteiger partial charge in [-0.2, -0.15) is 0 Å². The summed E-state index contributed by atoms with van der Waals surface area (Å²) in [5.74, 6) is 1.95. The molecule has 6 nitrogen and oxygen atoms in total. The van der Waals surface area contributed by atoms with Crippen LogP contribution in [0.5, 0.6) is 5.75 Å². The number of fused-ring (bicyclic) bond motifs is 3. The van der Waals surface area contributed by atoms with Gasteiger partial charge in [0.2, 0.25) is 11.8 Å². The van der Waals surface area contributed by atoms with Crippen LogP contribution in [0.15, 0.2) is 41.0 Å². The summed E-state index contributed by atoms with van der Waals surface area (Å²) in [7, 11) is 0. The first-order chi connectivity index (χ1) is 14.6. The van der Waals surface area contributed by atoms with Crippen LogP contribution in [-0.2, 0) is 9.59 Å². The van der Waals surface area contributed by atoms with Crippen molar-refractivity contribution in [2.45, 2.75) is 25.2 Å². The molecule has 1 N–H and O–H groups in total. The van der Waals surface area contributed by atoms with Gasteiger partial charge in [0.25, 0.3) is 0 Å². The second-order valence-corrected chi connectivity index (χ2v) is 8.92. The van der Waals surface area contributed by atoms with Crippen LogP contribution >= 0.6 is 0 Å². The van der Waals surface area contributed by atoms with E-state index in [2.05, 4.69) is 22.3 Å². The molecule has 2 aromatic carbocycles. The fraction of sp³-hybridized carbons (Fsp3) is 0.417. The molecule has 30 heavy (non-hydrogen) atoms. The molecule has 154 valence electrons. The van der Waals surface area contributed by atoms with Gasteiger partial charge >= 0.3 is 0 Å². The number of carbonyl (C=O) groups excluding carboxylic acids is 2. The molecule has 6 rings (SSSR count). The predicted octanol–water partition coefficient (Wildman–Crippen LogP) is 3.44. The Bertz CT molecular complexity index is 1160. The van der Waals surface area contributed by atoms with Crippen molar-refractivity contribution in [2.75, 3.05) is 26.2 Å². The van der Waals surface area contributed by atoms with Gasteiger partial charge in [0.1, 0.15) is 17.9 Å². The molecule has 3 atom stereocenters. The van der Waals surface area contributed by atoms with E-state index >= 15 is 0 Å². The summed E-state index contributed by atoms with van der Waals surface area (Å²) in [4.78, 5) is 26.3. The zero-order valence-electron chi connectivity index (χ0n) is 16.7. The second-order valence-electron chi connectivity index (χ2n) is 8.92. The summed E-state index contributed by atoms with van der Waals surface area (Å²) in [6.07, 6.45) is 3.94. The Morgan fingerprint density at radius 3 is 2.80 bits per heavy atom. The number of imide groups is 1. The van der Waals surface area contributed by atoms with E-state index in [0.717, 1.165) is 51.4 Å². The highest BCUT2D eigenvalue weighted by Crippen LogP contribution is 2.44. The Balaban J connectivity index is 1.23. The van der Waals surface area contributed by atoms with Crippen molar-refractivity contribution < 1.29 is 18.7 Å². The number of nitrogens with one attached hydrogen (secondary N) is 1. The van der Waals surface area contributed by atoms with Crippen molar-refractivity contribution in [3.05, 3.63) is 42.2 Å². The SMILES string of the molecule is O=C1CC[C@@H](c2coc3cc4ccc(OCCN5CC6CC6C5)cc4cc23)C(=O)N1. The summed E-state index contributed by atoms with van der Waals surface area (Å²) in [5, 5.41) is 5.48. The molecule has 1 aliphatic carbocycles. The van der Waals surface area contributed by atoms with Gasteiger partial charge in [-0.1, -0.05) is 6.07 Å². The summed E-state index contributed by atoms with van der Waals surface area (Å²) >= 11 is 0. The summed E-state index contributed by atoms with van der Waals surface area (Å²) in [5.41, 5.74) is 1.60. The Kier molecular flexibility index (Phi) is 4.09. The number of hydrogen-bond acceptors (Lipinski definition) is 5. The van der Waals surface area contributed by atoms with Gasteiger partial charge in [-0.15, -0.1) is 0 Å². The van der Waals surface area contributed by atoms with E-state index in [1.54, 1.807) is 6.26 Å². The van der Waals surface area contributed by atoms with E-state index in [-0.39, 0.29) is 17.7 Å². The van der Waals surface area contributed by atoms with Crippen LogP contribution in [0.2, 0.25) is 0 Å². The van der Waals surface area contributed by atoms with Crippen LogP contribution in [0.3, 0.4) is 0 Å². The highest BCUT2D eigenvalue weighted by molar-refractivity contribution is 6.04. The third kappa shape index (κ3) is 3.16. The minimum atomic E-state index is -0.354. The quantitative estimate of drug-likeness (QED) is 0.660. The molecule has 3 aromatic rings. The first-order valence-corrected chi connectivity index (χ1v) is 10.8. The Labute approximate surface area is 174 Å². The van der Waals surface area contributed by atoms with Gasteiger partial charge < -0.3 is 9.15 Å². The molecule has 1 aromatic heterocycles. The number of carbonyl (C=O) groups is 2. The van der Waals surface area contributed by atoms with Crippen molar-refractivity contribution in [1.29, 1.82) is 0 Å². The highest BCUT2D eigenvalue weighted by atomic mass is 16.5. The van der Waals surface area contributed by atoms with Gasteiger partial charge in [0.15, 0.2) is 0 Å². The molecule has 3 heterocycles. The van der Waals surface area contributed by atoms with E-state index in [4.69, 9.17) is 9.15 Å². The lowest BCUT2D eigenvalue weighted by Crippen LogP contribution is -2.39. The number of piperidine rings is 2. The fourth-order valence-corrected chi connectivity index (χ4v) is 5.09. The normalized spacial score (nSPS) is 26.2. The molecular formula is C24H24N2O4. The molecule has 2 aliphatic heterocycles. The molecule has 2 amide bonds. The Hall–Kier alpha value is -2.86. The molecule has 0 radical (unpaired) electrons. The van der Waals surface area contributed by atoms with Crippen molar-refractivity contribution in [3.8, 4) is 5.75 Å². The van der Waals surface area contributed by atoms with E-state index < -0.39 is 0 Å². The fourth-order valence-electron chi connectivity index (χ4n) is 5.09. The lowest BCUT2D eigenvalue weighted by Gasteiger charge is -2.20. The molecule has 1 saturated carbocycles. The minimum absolute atomic E-state index is 0.206. The van der Waals surface area contributed by atoms with Gasteiger partial charge in [-0.3, -0.25) is 19.8 Å². The third-order valence-corrected chi connectivity index (χ3v) is 6.88. The smallest absolute Gasteiger partial charge is 0.234 e. The molecular weight excluding hydrogens is 380 g/mol. The summed E-state index contributed by atoms with van der Waals surface area (Å²) < 4.78 is 11.8. The van der Waals surface area contributed by atoms with Crippen LogP contribution in [0.25, 0.3) is 21.7 Å². The maximum absolute atomic E-state index is 12.3. The average molecular weight is 404 g/mol. The average Bonchev–Trinajstić information content (AvgIpc) is 3.14. The second kappa shape index (κ2) is 6.84. The van der Waals surface area contributed by atoms with Gasteiger partial charge in [-0.05, 0) is 59.7 Å². The van der Waals surface area contributed by atoms with Gasteiger partial charge in [-0.25, -0.2) is 0 Å². The standard InChI is InChI=1S/C24H24N2O4/c27-23-4-3-19(24(28)25-23)21-13-30-22-10-14-1-2-18(8-15(14)9-20(21)22)29-6-5-26-11-16-7-17(16)12-26/h1-2,8-10,13,16-17,19H,3-7,11-12H2,(H,25,27,28)/t16?,17?,19-/m0/s1. The number of amides is 2. The molecule has 2 saturated heterocycles. The maximum Gasteiger partial charge on any atom is 0.234 e. The number of furan rings is 1. The van der Waals surface area contributed by atoms with Crippen LogP contribution < -0.4 is 10.1 Å². The van der Waals surface area contributed by atoms with Crippen molar-refractivity contribution >= 4 is 33.6 Å². The van der Waals surface area contributed by atoms with Crippen LogP contribution in [0.1, 0.15) is 30.7 Å². The lowest BCUT2D eigenvalue weighted by atomic mass is 9.90. The molecule has 6 heteroatoms. The number of rotatable bonds is 5. The zero-order valence-corrected chi connectivity index (χ0v) is 16.7. The topological polar surface area (TPSA) is 71.8 Å². The minimum Gasteiger partial charge on any atom is -0.492 e. The number of likely N-dealkylation sites (tertiary alicyclic amines) is 1. The van der Waals surface area contributed by atoms with Crippen LogP contribution in [0.4, 0.5) is 0 Å². The lowest BCUT2D eigenvalue weighted by molar-refractivity contribution is -0.134. The molecule has 0 bridgehead atoms. The van der Waals surface area contributed by atoms with E-state index in [1.807, 2.05) is 18.2 Å². The molecule has 3 fully saturated rings. The predicted molar refractivity (Wildman–Crippen MR) is 112 cm³/mol. The van der Waals surface area contributed by atoms with Crippen LogP contribution in [0, 0.1) is 11.8 Å². The first-order valence-electron chi connectivity index (χ1n) is 10.8. The van der Waals surface area contributed by atoms with Crippen molar-refractivity contribution in [1.82, 2.24) is 10.2 Å².